The summed E-state index contributed by atoms with van der Waals surface area (Å²) in [4.78, 5) is 12.7. The molecule has 0 aromatic heterocycles. The highest BCUT2D eigenvalue weighted by atomic mass is 35.5. The van der Waals surface area contributed by atoms with Gasteiger partial charge in [0.05, 0.1) is 27.7 Å². The summed E-state index contributed by atoms with van der Waals surface area (Å²) in [5.74, 6) is -0.632. The van der Waals surface area contributed by atoms with Gasteiger partial charge in [0.15, 0.2) is 0 Å². The first kappa shape index (κ1) is 25.2. The summed E-state index contributed by atoms with van der Waals surface area (Å²) in [5.41, 5.74) is 4.32. The molecule has 0 radical (unpaired) electrons. The molecule has 0 saturated carbocycles. The maximum absolute atomic E-state index is 13.3. The van der Waals surface area contributed by atoms with Crippen molar-refractivity contribution in [3.05, 3.63) is 98.5 Å². The Bertz CT molecular complexity index is 1280. The molecule has 0 unspecified atom stereocenters. The van der Waals surface area contributed by atoms with Crippen LogP contribution in [0.1, 0.15) is 16.7 Å². The number of carbonyl (C=O) groups excluding carboxylic acids is 1. The van der Waals surface area contributed by atoms with Crippen LogP contribution in [-0.2, 0) is 21.4 Å². The molecule has 0 bridgehead atoms. The topological polar surface area (TPSA) is 78.8 Å². The number of hydrogen-bond acceptors (Lipinski definition) is 4. The lowest BCUT2D eigenvalue weighted by Gasteiger charge is -2.22. The fourth-order valence-corrected chi connectivity index (χ4v) is 4.82. The van der Waals surface area contributed by atoms with Crippen LogP contribution in [0.2, 0.25) is 15.1 Å². The van der Waals surface area contributed by atoms with Gasteiger partial charge in [-0.15, -0.1) is 0 Å². The van der Waals surface area contributed by atoms with Crippen LogP contribution in [0.25, 0.3) is 0 Å². The molecule has 0 fully saturated rings. The molecule has 0 atom stereocenters. The van der Waals surface area contributed by atoms with Crippen LogP contribution < -0.4 is 5.43 Å². The number of amides is 1. The van der Waals surface area contributed by atoms with Crippen LogP contribution >= 0.6 is 34.8 Å². The second kappa shape index (κ2) is 11.1. The number of benzene rings is 3. The molecule has 1 N–H and O–H groups in total. The number of hydrazone groups is 1. The van der Waals surface area contributed by atoms with E-state index in [4.69, 9.17) is 34.8 Å². The zero-order valence-electron chi connectivity index (χ0n) is 17.5. The average Bonchev–Trinajstić information content (AvgIpc) is 2.78. The number of nitrogens with one attached hydrogen (secondary N) is 1. The van der Waals surface area contributed by atoms with Crippen LogP contribution in [-0.4, -0.2) is 31.4 Å². The van der Waals surface area contributed by atoms with Gasteiger partial charge in [0.2, 0.25) is 10.0 Å². The summed E-state index contributed by atoms with van der Waals surface area (Å²) >= 11 is 18.3. The summed E-state index contributed by atoms with van der Waals surface area (Å²) in [6.45, 7) is 1.30. The van der Waals surface area contributed by atoms with E-state index in [-0.39, 0.29) is 11.4 Å². The molecule has 3 aromatic rings. The smallest absolute Gasteiger partial charge is 0.255 e. The largest absolute Gasteiger partial charge is 0.272 e. The van der Waals surface area contributed by atoms with Crippen molar-refractivity contribution >= 4 is 56.9 Å². The molecule has 3 aromatic carbocycles. The van der Waals surface area contributed by atoms with Gasteiger partial charge in [-0.2, -0.15) is 9.41 Å². The van der Waals surface area contributed by atoms with E-state index in [2.05, 4.69) is 10.5 Å². The van der Waals surface area contributed by atoms with Crippen molar-refractivity contribution in [1.82, 2.24) is 9.73 Å². The normalized spacial score (nSPS) is 11.8. The second-order valence-corrected chi connectivity index (χ2v) is 10.2. The summed E-state index contributed by atoms with van der Waals surface area (Å²) in [5, 5.41) is 4.91. The quantitative estimate of drug-likeness (QED) is 0.321. The lowest BCUT2D eigenvalue weighted by atomic mass is 10.2. The number of hydrogen-bond donors (Lipinski definition) is 1. The Morgan fingerprint density at radius 1 is 0.970 bits per heavy atom. The van der Waals surface area contributed by atoms with E-state index in [1.54, 1.807) is 54.6 Å². The predicted octanol–water partition coefficient (Wildman–Crippen LogP) is 5.30. The SMILES string of the molecule is Cc1ccc(S(=O)(=O)N(CC(=O)N/N=C\c2cccc(Cl)c2Cl)Cc2ccccc2Cl)cc1. The van der Waals surface area contributed by atoms with Crippen molar-refractivity contribution < 1.29 is 13.2 Å². The van der Waals surface area contributed by atoms with Gasteiger partial charge in [-0.1, -0.05) is 82.8 Å². The van der Waals surface area contributed by atoms with Crippen molar-refractivity contribution in [3.63, 3.8) is 0 Å². The van der Waals surface area contributed by atoms with Gasteiger partial charge in [-0.25, -0.2) is 13.8 Å². The Balaban J connectivity index is 1.82. The highest BCUT2D eigenvalue weighted by Gasteiger charge is 2.27. The number of rotatable bonds is 8. The van der Waals surface area contributed by atoms with Crippen molar-refractivity contribution in [2.75, 3.05) is 6.54 Å². The number of sulfonamides is 1. The van der Waals surface area contributed by atoms with Gasteiger partial charge < -0.3 is 0 Å². The molecule has 6 nitrogen and oxygen atoms in total. The van der Waals surface area contributed by atoms with Gasteiger partial charge in [0, 0.05) is 17.1 Å². The second-order valence-electron chi connectivity index (χ2n) is 7.11. The van der Waals surface area contributed by atoms with Gasteiger partial charge in [-0.3, -0.25) is 4.79 Å². The van der Waals surface area contributed by atoms with E-state index in [0.717, 1.165) is 9.87 Å². The first-order valence-corrected chi connectivity index (χ1v) is 12.3. The number of carbonyl (C=O) groups is 1. The number of nitrogens with zero attached hydrogens (tertiary/aromatic N) is 2. The molecular formula is C23H20Cl3N3O3S. The molecule has 33 heavy (non-hydrogen) atoms. The van der Waals surface area contributed by atoms with Crippen molar-refractivity contribution in [2.45, 2.75) is 18.4 Å². The summed E-state index contributed by atoms with van der Waals surface area (Å²) in [7, 11) is -3.99. The predicted molar refractivity (Wildman–Crippen MR) is 132 cm³/mol. The summed E-state index contributed by atoms with van der Waals surface area (Å²) in [6, 6.07) is 18.2. The molecule has 0 heterocycles. The lowest BCUT2D eigenvalue weighted by molar-refractivity contribution is -0.121. The average molecular weight is 525 g/mol. The highest BCUT2D eigenvalue weighted by molar-refractivity contribution is 7.89. The first-order chi connectivity index (χ1) is 15.7. The monoisotopic (exact) mass is 523 g/mol. The number of aryl methyl sites for hydroxylation is 1. The van der Waals surface area contributed by atoms with Crippen molar-refractivity contribution in [2.24, 2.45) is 5.10 Å². The molecular weight excluding hydrogens is 505 g/mol. The van der Waals surface area contributed by atoms with Gasteiger partial charge in [-0.05, 0) is 36.8 Å². The molecule has 10 heteroatoms. The lowest BCUT2D eigenvalue weighted by Crippen LogP contribution is -2.39. The zero-order valence-corrected chi connectivity index (χ0v) is 20.6. The maximum Gasteiger partial charge on any atom is 0.255 e. The van der Waals surface area contributed by atoms with Gasteiger partial charge in [0.25, 0.3) is 5.91 Å². The van der Waals surface area contributed by atoms with E-state index in [1.807, 2.05) is 6.92 Å². The Hall–Kier alpha value is -2.42. The molecule has 3 rings (SSSR count). The third-order valence-corrected chi connectivity index (χ3v) is 7.67. The molecule has 172 valence electrons. The van der Waals surface area contributed by atoms with Crippen molar-refractivity contribution in [1.29, 1.82) is 0 Å². The molecule has 0 aliphatic heterocycles. The summed E-state index contributed by atoms with van der Waals surface area (Å²) in [6.07, 6.45) is 1.33. The molecule has 0 aliphatic carbocycles. The number of halogens is 3. The minimum absolute atomic E-state index is 0.0714. The van der Waals surface area contributed by atoms with Crippen LogP contribution in [0.3, 0.4) is 0 Å². The molecule has 0 spiro atoms. The van der Waals surface area contributed by atoms with Gasteiger partial charge >= 0.3 is 0 Å². The van der Waals surface area contributed by atoms with Gasteiger partial charge in [0.1, 0.15) is 0 Å². The van der Waals surface area contributed by atoms with E-state index >= 15 is 0 Å². The molecule has 0 aliphatic rings. The van der Waals surface area contributed by atoms with Crippen LogP contribution in [0.5, 0.6) is 0 Å². The van der Waals surface area contributed by atoms with Crippen LogP contribution in [0, 0.1) is 6.92 Å². The third-order valence-electron chi connectivity index (χ3n) is 4.66. The first-order valence-electron chi connectivity index (χ1n) is 9.74. The van der Waals surface area contributed by atoms with E-state index in [9.17, 15) is 13.2 Å². The minimum atomic E-state index is -3.99. The highest BCUT2D eigenvalue weighted by Crippen LogP contribution is 2.24. The van der Waals surface area contributed by atoms with E-state index in [1.165, 1.54) is 18.3 Å². The van der Waals surface area contributed by atoms with E-state index in [0.29, 0.717) is 26.2 Å². The fraction of sp³-hybridized carbons (Fsp3) is 0.130. The minimum Gasteiger partial charge on any atom is -0.272 e. The Morgan fingerprint density at radius 3 is 2.33 bits per heavy atom. The zero-order chi connectivity index (χ0) is 24.0. The van der Waals surface area contributed by atoms with Crippen molar-refractivity contribution in [3.8, 4) is 0 Å². The Labute approximate surface area is 207 Å². The Kier molecular flexibility index (Phi) is 8.51. The summed E-state index contributed by atoms with van der Waals surface area (Å²) < 4.78 is 27.7. The van der Waals surface area contributed by atoms with Crippen LogP contribution in [0.15, 0.2) is 76.7 Å². The maximum atomic E-state index is 13.3. The Morgan fingerprint density at radius 2 is 1.64 bits per heavy atom. The third kappa shape index (κ3) is 6.56. The van der Waals surface area contributed by atoms with Crippen LogP contribution in [0.4, 0.5) is 0 Å². The fourth-order valence-electron chi connectivity index (χ4n) is 2.89. The molecule has 1 amide bonds. The standard InChI is InChI=1S/C23H20Cl3N3O3S/c1-16-9-11-19(12-10-16)33(31,32)29(14-18-5-2-3-7-20(18)24)15-22(30)28-27-13-17-6-4-8-21(25)23(17)26/h2-13H,14-15H2,1H3,(H,28,30)/b27-13-. The molecule has 0 saturated heterocycles. The van der Waals surface area contributed by atoms with E-state index < -0.39 is 22.5 Å².